The molecule has 0 radical (unpaired) electrons. The van der Waals surface area contributed by atoms with Crippen LogP contribution in [0.1, 0.15) is 20.9 Å². The van der Waals surface area contributed by atoms with E-state index < -0.39 is 0 Å². The molecule has 0 aliphatic heterocycles. The summed E-state index contributed by atoms with van der Waals surface area (Å²) in [7, 11) is 3.64. The van der Waals surface area contributed by atoms with E-state index in [-0.39, 0.29) is 5.91 Å². The average Bonchev–Trinajstić information content (AvgIpc) is 3.05. The lowest BCUT2D eigenvalue weighted by atomic mass is 10.2. The summed E-state index contributed by atoms with van der Waals surface area (Å²) < 4.78 is 1.81. The summed E-state index contributed by atoms with van der Waals surface area (Å²) in [5.74, 6) is -0.0401. The zero-order valence-electron chi connectivity index (χ0n) is 12.9. The number of halogens is 2. The molecule has 3 rings (SSSR count). The second kappa shape index (κ2) is 6.15. The molecular formula is C16H15Cl2N3OS. The van der Waals surface area contributed by atoms with Crippen LogP contribution in [0.2, 0.25) is 10.0 Å². The third-order valence-electron chi connectivity index (χ3n) is 3.69. The number of carbonyl (C=O) groups is 1. The fourth-order valence-corrected chi connectivity index (χ4v) is 3.99. The predicted octanol–water partition coefficient (Wildman–Crippen LogP) is 4.52. The summed E-state index contributed by atoms with van der Waals surface area (Å²) in [6.07, 6.45) is 0. The molecule has 0 atom stereocenters. The van der Waals surface area contributed by atoms with Crippen molar-refractivity contribution in [3.8, 4) is 0 Å². The molecule has 7 heteroatoms. The number of hydrogen-bond donors (Lipinski definition) is 0. The van der Waals surface area contributed by atoms with Crippen molar-refractivity contribution in [1.29, 1.82) is 0 Å². The Labute approximate surface area is 148 Å². The molecule has 3 aromatic rings. The highest BCUT2D eigenvalue weighted by atomic mass is 35.5. The largest absolute Gasteiger partial charge is 0.337 e. The summed E-state index contributed by atoms with van der Waals surface area (Å²) in [5.41, 5.74) is 1.76. The Hall–Kier alpha value is -1.56. The minimum absolute atomic E-state index is 0.0401. The quantitative estimate of drug-likeness (QED) is 0.682. The molecule has 0 aliphatic rings. The van der Waals surface area contributed by atoms with Crippen LogP contribution in [0, 0.1) is 6.92 Å². The number of fused-ring (bicyclic) bond motifs is 1. The molecule has 0 fully saturated rings. The van der Waals surface area contributed by atoms with Crippen molar-refractivity contribution in [2.45, 2.75) is 13.5 Å². The number of benzene rings is 1. The van der Waals surface area contributed by atoms with Gasteiger partial charge in [-0.2, -0.15) is 5.10 Å². The van der Waals surface area contributed by atoms with Crippen LogP contribution < -0.4 is 0 Å². The molecule has 0 bridgehead atoms. The first kappa shape index (κ1) is 16.3. The molecule has 1 aromatic carbocycles. The van der Waals surface area contributed by atoms with E-state index in [1.165, 1.54) is 11.3 Å². The van der Waals surface area contributed by atoms with Crippen LogP contribution in [0.3, 0.4) is 0 Å². The molecule has 23 heavy (non-hydrogen) atoms. The number of carbonyl (C=O) groups excluding carboxylic acids is 1. The summed E-state index contributed by atoms with van der Waals surface area (Å²) in [6, 6.07) is 7.34. The Morgan fingerprint density at radius 2 is 2.13 bits per heavy atom. The molecule has 0 N–H and O–H groups in total. The lowest BCUT2D eigenvalue weighted by molar-refractivity contribution is 0.0790. The van der Waals surface area contributed by atoms with E-state index >= 15 is 0 Å². The molecule has 120 valence electrons. The molecule has 0 saturated heterocycles. The first-order valence-corrected chi connectivity index (χ1v) is 8.57. The van der Waals surface area contributed by atoms with E-state index in [2.05, 4.69) is 5.10 Å². The van der Waals surface area contributed by atoms with Gasteiger partial charge in [0.15, 0.2) is 0 Å². The monoisotopic (exact) mass is 367 g/mol. The van der Waals surface area contributed by atoms with E-state index in [0.717, 1.165) is 21.5 Å². The van der Waals surface area contributed by atoms with Gasteiger partial charge in [-0.25, -0.2) is 0 Å². The van der Waals surface area contributed by atoms with Crippen molar-refractivity contribution in [2.75, 3.05) is 7.05 Å². The highest BCUT2D eigenvalue weighted by Crippen LogP contribution is 2.30. The highest BCUT2D eigenvalue weighted by Gasteiger charge is 2.19. The van der Waals surface area contributed by atoms with Gasteiger partial charge in [0, 0.05) is 26.0 Å². The Kier molecular flexibility index (Phi) is 4.36. The normalized spacial score (nSPS) is 11.2. The number of nitrogens with zero attached hydrogens (tertiary/aromatic N) is 3. The van der Waals surface area contributed by atoms with Crippen molar-refractivity contribution < 1.29 is 4.79 Å². The Morgan fingerprint density at radius 1 is 1.39 bits per heavy atom. The Morgan fingerprint density at radius 3 is 2.83 bits per heavy atom. The predicted molar refractivity (Wildman–Crippen MR) is 95.6 cm³/mol. The van der Waals surface area contributed by atoms with Crippen LogP contribution in [0.25, 0.3) is 10.2 Å². The van der Waals surface area contributed by atoms with Crippen LogP contribution in [-0.2, 0) is 13.6 Å². The number of aryl methyl sites for hydroxylation is 2. The van der Waals surface area contributed by atoms with Gasteiger partial charge in [-0.1, -0.05) is 35.3 Å². The van der Waals surface area contributed by atoms with Gasteiger partial charge in [0.05, 0.1) is 20.6 Å². The second-order valence-corrected chi connectivity index (χ2v) is 7.23. The van der Waals surface area contributed by atoms with Gasteiger partial charge in [-0.05, 0) is 24.6 Å². The number of rotatable bonds is 3. The van der Waals surface area contributed by atoms with Crippen molar-refractivity contribution >= 4 is 50.7 Å². The van der Waals surface area contributed by atoms with Gasteiger partial charge < -0.3 is 4.90 Å². The van der Waals surface area contributed by atoms with E-state index in [0.29, 0.717) is 21.5 Å². The van der Waals surface area contributed by atoms with E-state index in [1.54, 1.807) is 22.7 Å². The Bertz CT molecular complexity index is 866. The lowest BCUT2D eigenvalue weighted by Crippen LogP contribution is -2.25. The van der Waals surface area contributed by atoms with Crippen molar-refractivity contribution in [1.82, 2.24) is 14.7 Å². The topological polar surface area (TPSA) is 38.1 Å². The number of amides is 1. The molecular weight excluding hydrogens is 353 g/mol. The number of aromatic nitrogens is 2. The molecule has 1 amide bonds. The molecule has 0 unspecified atom stereocenters. The average molecular weight is 368 g/mol. The molecule has 0 aliphatic carbocycles. The van der Waals surface area contributed by atoms with Crippen molar-refractivity contribution in [2.24, 2.45) is 7.05 Å². The summed E-state index contributed by atoms with van der Waals surface area (Å²) in [6.45, 7) is 2.35. The molecule has 2 aromatic heterocycles. The van der Waals surface area contributed by atoms with E-state index in [9.17, 15) is 4.79 Å². The lowest BCUT2D eigenvalue weighted by Gasteiger charge is -2.17. The van der Waals surface area contributed by atoms with Gasteiger partial charge in [-0.3, -0.25) is 9.48 Å². The third kappa shape index (κ3) is 2.96. The maximum Gasteiger partial charge on any atom is 0.264 e. The molecule has 4 nitrogen and oxygen atoms in total. The maximum absolute atomic E-state index is 12.7. The van der Waals surface area contributed by atoms with E-state index in [4.69, 9.17) is 23.2 Å². The fraction of sp³-hybridized carbons (Fsp3) is 0.250. The SMILES string of the molecule is Cc1nn(C)c2sc(C(=O)N(C)Cc3cccc(Cl)c3Cl)cc12. The van der Waals surface area contributed by atoms with Crippen molar-refractivity contribution in [3.05, 3.63) is 50.4 Å². The van der Waals surface area contributed by atoms with Gasteiger partial charge in [0.25, 0.3) is 5.91 Å². The third-order valence-corrected chi connectivity index (χ3v) is 5.74. The second-order valence-electron chi connectivity index (χ2n) is 5.41. The molecule has 2 heterocycles. The molecule has 0 spiro atoms. The van der Waals surface area contributed by atoms with Crippen molar-refractivity contribution in [3.63, 3.8) is 0 Å². The zero-order valence-corrected chi connectivity index (χ0v) is 15.3. The van der Waals surface area contributed by atoms with Crippen LogP contribution in [0.5, 0.6) is 0 Å². The summed E-state index contributed by atoms with van der Waals surface area (Å²) in [5, 5.41) is 6.36. The van der Waals surface area contributed by atoms with Gasteiger partial charge in [-0.15, -0.1) is 11.3 Å². The zero-order chi connectivity index (χ0) is 16.7. The molecule has 0 saturated carbocycles. The smallest absolute Gasteiger partial charge is 0.264 e. The van der Waals surface area contributed by atoms with Crippen LogP contribution in [-0.4, -0.2) is 27.6 Å². The standard InChI is InChI=1S/C16H15Cl2N3OS/c1-9-11-7-13(23-16(11)21(3)19-9)15(22)20(2)8-10-5-4-6-12(17)14(10)18/h4-7H,8H2,1-3H3. The van der Waals surface area contributed by atoms with Crippen LogP contribution in [0.15, 0.2) is 24.3 Å². The number of thiophene rings is 1. The van der Waals surface area contributed by atoms with E-state index in [1.807, 2.05) is 32.2 Å². The maximum atomic E-state index is 12.7. The number of hydrogen-bond acceptors (Lipinski definition) is 3. The summed E-state index contributed by atoms with van der Waals surface area (Å²) >= 11 is 13.7. The van der Waals surface area contributed by atoms with Gasteiger partial charge in [0.1, 0.15) is 4.83 Å². The highest BCUT2D eigenvalue weighted by molar-refractivity contribution is 7.20. The first-order chi connectivity index (χ1) is 10.9. The van der Waals surface area contributed by atoms with Gasteiger partial charge in [0.2, 0.25) is 0 Å². The fourth-order valence-electron chi connectivity index (χ4n) is 2.50. The van der Waals surface area contributed by atoms with Crippen LogP contribution in [0.4, 0.5) is 0 Å². The summed E-state index contributed by atoms with van der Waals surface area (Å²) in [4.78, 5) is 16.0. The first-order valence-electron chi connectivity index (χ1n) is 7.00. The minimum Gasteiger partial charge on any atom is -0.337 e. The minimum atomic E-state index is -0.0401. The van der Waals surface area contributed by atoms with Crippen LogP contribution >= 0.6 is 34.5 Å². The van der Waals surface area contributed by atoms with Gasteiger partial charge >= 0.3 is 0 Å². The Balaban J connectivity index is 1.86.